The van der Waals surface area contributed by atoms with Gasteiger partial charge in [-0.3, -0.25) is 4.90 Å². The molecule has 1 aromatic heterocycles. The van der Waals surface area contributed by atoms with Gasteiger partial charge in [0.2, 0.25) is 0 Å². The fraction of sp³-hybridized carbons (Fsp3) is 0.524. The van der Waals surface area contributed by atoms with Crippen LogP contribution in [0.2, 0.25) is 0 Å². The van der Waals surface area contributed by atoms with Gasteiger partial charge in [0.05, 0.1) is 13.2 Å². The van der Waals surface area contributed by atoms with E-state index in [4.69, 9.17) is 13.9 Å². The number of aliphatic hydroxyl groups excluding tert-OH is 1. The summed E-state index contributed by atoms with van der Waals surface area (Å²) in [7, 11) is 1.97. The van der Waals surface area contributed by atoms with Gasteiger partial charge in [-0.15, -0.1) is 0 Å². The molecule has 1 fully saturated rings. The van der Waals surface area contributed by atoms with E-state index in [1.54, 1.807) is 0 Å². The topological polar surface area (TPSA) is 55.1 Å². The van der Waals surface area contributed by atoms with E-state index >= 15 is 0 Å². The molecule has 5 heteroatoms. The summed E-state index contributed by atoms with van der Waals surface area (Å²) in [6.45, 7) is 6.30. The molecule has 1 aromatic carbocycles. The largest absolute Gasteiger partial charge is 0.494 e. The number of hydrogen-bond donors (Lipinski definition) is 1. The highest BCUT2D eigenvalue weighted by molar-refractivity contribution is 5.31. The second kappa shape index (κ2) is 8.60. The number of furan rings is 1. The first-order valence-electron chi connectivity index (χ1n) is 9.36. The van der Waals surface area contributed by atoms with E-state index in [1.807, 2.05) is 49.2 Å². The lowest BCUT2D eigenvalue weighted by atomic mass is 10.3. The summed E-state index contributed by atoms with van der Waals surface area (Å²) in [6.07, 6.45) is 0.661. The van der Waals surface area contributed by atoms with Gasteiger partial charge in [-0.2, -0.15) is 0 Å². The molecule has 0 unspecified atom stereocenters. The van der Waals surface area contributed by atoms with E-state index in [-0.39, 0.29) is 6.61 Å². The van der Waals surface area contributed by atoms with E-state index in [0.717, 1.165) is 28.9 Å². The molecule has 1 N–H and O–H groups in total. The van der Waals surface area contributed by atoms with Gasteiger partial charge < -0.3 is 19.0 Å². The Bertz CT molecular complexity index is 682. The second-order valence-electron chi connectivity index (χ2n) is 7.19. The Balaban J connectivity index is 1.39. The number of likely N-dealkylation sites (N-methyl/N-ethyl adjacent to an activating group) is 1. The van der Waals surface area contributed by atoms with Crippen LogP contribution in [0.25, 0.3) is 0 Å². The first-order chi connectivity index (χ1) is 12.5. The Kier molecular flexibility index (Phi) is 6.22. The van der Waals surface area contributed by atoms with Gasteiger partial charge in [-0.05, 0) is 62.7 Å². The smallest absolute Gasteiger partial charge is 0.119 e. The van der Waals surface area contributed by atoms with Crippen LogP contribution in [0, 0.1) is 5.92 Å². The zero-order chi connectivity index (χ0) is 18.5. The summed E-state index contributed by atoms with van der Waals surface area (Å²) in [5, 5.41) is 10.2. The van der Waals surface area contributed by atoms with Gasteiger partial charge in [-0.1, -0.05) is 6.92 Å². The average Bonchev–Trinajstić information content (AvgIpc) is 3.16. The zero-order valence-corrected chi connectivity index (χ0v) is 15.9. The number of rotatable bonds is 10. The van der Waals surface area contributed by atoms with Gasteiger partial charge in [0.25, 0.3) is 0 Å². The molecule has 5 nitrogen and oxygen atoms in total. The Hall–Kier alpha value is -1.98. The normalized spacial score (nSPS) is 20.2. The predicted molar refractivity (Wildman–Crippen MR) is 101 cm³/mol. The van der Waals surface area contributed by atoms with Crippen molar-refractivity contribution >= 4 is 0 Å². The highest BCUT2D eigenvalue weighted by atomic mass is 16.5. The third-order valence-corrected chi connectivity index (χ3v) is 4.68. The SMILES string of the molecule is CCOc1ccc(OC[C@H](O)CN(C)Cc2ccc([C@H]3C[C@@H]3C)o2)cc1. The quantitative estimate of drug-likeness (QED) is 0.701. The van der Waals surface area contributed by atoms with Crippen molar-refractivity contribution in [3.8, 4) is 11.5 Å². The van der Waals surface area contributed by atoms with Crippen molar-refractivity contribution in [1.82, 2.24) is 4.90 Å². The first-order valence-corrected chi connectivity index (χ1v) is 9.36. The number of hydrogen-bond acceptors (Lipinski definition) is 5. The minimum Gasteiger partial charge on any atom is -0.494 e. The van der Waals surface area contributed by atoms with Crippen molar-refractivity contribution in [2.75, 3.05) is 26.8 Å². The maximum Gasteiger partial charge on any atom is 0.119 e. The molecule has 0 radical (unpaired) electrons. The van der Waals surface area contributed by atoms with Gasteiger partial charge in [0, 0.05) is 12.5 Å². The molecule has 0 aliphatic heterocycles. The minimum absolute atomic E-state index is 0.251. The molecular formula is C21H29NO4. The second-order valence-corrected chi connectivity index (χ2v) is 7.19. The molecule has 3 atom stereocenters. The van der Waals surface area contributed by atoms with Crippen LogP contribution in [0.4, 0.5) is 0 Å². The molecule has 26 heavy (non-hydrogen) atoms. The van der Waals surface area contributed by atoms with E-state index in [0.29, 0.717) is 25.6 Å². The van der Waals surface area contributed by atoms with Gasteiger partial charge in [0.15, 0.2) is 0 Å². The molecule has 142 valence electrons. The molecule has 3 rings (SSSR count). The number of benzene rings is 1. The molecule has 1 aliphatic carbocycles. The molecular weight excluding hydrogens is 330 g/mol. The highest BCUT2D eigenvalue weighted by Gasteiger charge is 2.36. The monoisotopic (exact) mass is 359 g/mol. The van der Waals surface area contributed by atoms with Crippen molar-refractivity contribution in [3.63, 3.8) is 0 Å². The lowest BCUT2D eigenvalue weighted by Gasteiger charge is -2.20. The summed E-state index contributed by atoms with van der Waals surface area (Å²) in [6, 6.07) is 11.6. The lowest BCUT2D eigenvalue weighted by molar-refractivity contribution is 0.0724. The Morgan fingerprint density at radius 2 is 1.81 bits per heavy atom. The number of nitrogens with zero attached hydrogens (tertiary/aromatic N) is 1. The fourth-order valence-electron chi connectivity index (χ4n) is 3.13. The minimum atomic E-state index is -0.565. The average molecular weight is 359 g/mol. The summed E-state index contributed by atoms with van der Waals surface area (Å²) >= 11 is 0. The van der Waals surface area contributed by atoms with Crippen LogP contribution < -0.4 is 9.47 Å². The third kappa shape index (κ3) is 5.26. The van der Waals surface area contributed by atoms with Crippen LogP contribution in [-0.2, 0) is 6.54 Å². The lowest BCUT2D eigenvalue weighted by Crippen LogP contribution is -2.32. The molecule has 1 saturated carbocycles. The van der Waals surface area contributed by atoms with E-state index in [9.17, 15) is 5.11 Å². The molecule has 0 saturated heterocycles. The molecule has 2 aromatic rings. The Labute approximate surface area is 155 Å². The van der Waals surface area contributed by atoms with Crippen LogP contribution in [0.5, 0.6) is 11.5 Å². The summed E-state index contributed by atoms with van der Waals surface area (Å²) in [4.78, 5) is 2.05. The van der Waals surface area contributed by atoms with Gasteiger partial charge in [-0.25, -0.2) is 0 Å². The molecule has 0 spiro atoms. The van der Waals surface area contributed by atoms with Crippen LogP contribution >= 0.6 is 0 Å². The summed E-state index contributed by atoms with van der Waals surface area (Å²) in [5.74, 6) is 4.93. The zero-order valence-electron chi connectivity index (χ0n) is 15.9. The van der Waals surface area contributed by atoms with Crippen molar-refractivity contribution in [3.05, 3.63) is 47.9 Å². The summed E-state index contributed by atoms with van der Waals surface area (Å²) in [5.41, 5.74) is 0. The molecule has 0 bridgehead atoms. The molecule has 1 aliphatic rings. The van der Waals surface area contributed by atoms with Gasteiger partial charge in [0.1, 0.15) is 35.7 Å². The van der Waals surface area contributed by atoms with Gasteiger partial charge >= 0.3 is 0 Å². The van der Waals surface area contributed by atoms with E-state index in [2.05, 4.69) is 13.0 Å². The maximum absolute atomic E-state index is 10.2. The van der Waals surface area contributed by atoms with Crippen LogP contribution in [0.3, 0.4) is 0 Å². The summed E-state index contributed by atoms with van der Waals surface area (Å²) < 4.78 is 17.0. The fourth-order valence-corrected chi connectivity index (χ4v) is 3.13. The number of ether oxygens (including phenoxy) is 2. The van der Waals surface area contributed by atoms with Crippen LogP contribution in [0.15, 0.2) is 40.8 Å². The standard InChI is InChI=1S/C21H29NO4/c1-4-24-17-5-7-18(8-6-17)25-14-16(23)12-22(3)13-19-9-10-21(26-19)20-11-15(20)2/h5-10,15-16,20,23H,4,11-14H2,1-3H3/t15-,16+,20-/m0/s1. The molecule has 0 amide bonds. The third-order valence-electron chi connectivity index (χ3n) is 4.68. The van der Waals surface area contributed by atoms with Crippen molar-refractivity contribution < 1.29 is 19.0 Å². The van der Waals surface area contributed by atoms with Crippen molar-refractivity contribution in [1.29, 1.82) is 0 Å². The van der Waals surface area contributed by atoms with Crippen molar-refractivity contribution in [2.45, 2.75) is 38.8 Å². The highest BCUT2D eigenvalue weighted by Crippen LogP contribution is 2.47. The Morgan fingerprint density at radius 1 is 1.15 bits per heavy atom. The van der Waals surface area contributed by atoms with E-state index in [1.165, 1.54) is 6.42 Å². The Morgan fingerprint density at radius 3 is 2.42 bits per heavy atom. The number of aliphatic hydroxyl groups is 1. The van der Waals surface area contributed by atoms with Crippen molar-refractivity contribution in [2.24, 2.45) is 5.92 Å². The molecule has 1 heterocycles. The first kappa shape index (κ1) is 18.8. The predicted octanol–water partition coefficient (Wildman–Crippen LogP) is 3.67. The van der Waals surface area contributed by atoms with Crippen LogP contribution in [-0.4, -0.2) is 42.9 Å². The van der Waals surface area contributed by atoms with E-state index < -0.39 is 6.10 Å². The van der Waals surface area contributed by atoms with Crippen LogP contribution in [0.1, 0.15) is 37.7 Å². The maximum atomic E-state index is 10.2.